The second-order valence-corrected chi connectivity index (χ2v) is 7.55. The number of nitrogens with zero attached hydrogens (tertiary/aromatic N) is 3. The van der Waals surface area contributed by atoms with E-state index in [2.05, 4.69) is 25.5 Å². The number of nitrogens with one attached hydrogen (secondary N) is 2. The van der Waals surface area contributed by atoms with E-state index in [0.29, 0.717) is 24.8 Å². The molecule has 1 atom stereocenters. The first-order valence-corrected chi connectivity index (χ1v) is 10.3. The van der Waals surface area contributed by atoms with Crippen LogP contribution in [0, 0.1) is 0 Å². The van der Waals surface area contributed by atoms with E-state index in [9.17, 15) is 0 Å². The smallest absolute Gasteiger partial charge is 0.191 e. The summed E-state index contributed by atoms with van der Waals surface area (Å²) in [4.78, 5) is 11.0. The Morgan fingerprint density at radius 2 is 2.10 bits per heavy atom. The molecule has 3 heterocycles. The number of ether oxygens (including phenoxy) is 2. The molecule has 0 radical (unpaired) electrons. The zero-order chi connectivity index (χ0) is 20.1. The van der Waals surface area contributed by atoms with Crippen molar-refractivity contribution in [2.24, 2.45) is 4.99 Å². The maximum absolute atomic E-state index is 6.28. The lowest BCUT2D eigenvalue weighted by Gasteiger charge is -2.20. The van der Waals surface area contributed by atoms with Crippen LogP contribution in [0.3, 0.4) is 0 Å². The molecule has 1 aromatic heterocycles. The molecule has 1 unspecified atom stereocenters. The number of rotatable bonds is 4. The molecule has 4 rings (SSSR count). The molecule has 1 aromatic carbocycles. The van der Waals surface area contributed by atoms with Gasteiger partial charge in [-0.2, -0.15) is 0 Å². The van der Waals surface area contributed by atoms with Gasteiger partial charge in [-0.3, -0.25) is 4.99 Å². The minimum absolute atomic E-state index is 0. The highest BCUT2D eigenvalue weighted by molar-refractivity contribution is 14.0. The molecular formula is C21H27ClIN5O2. The van der Waals surface area contributed by atoms with Gasteiger partial charge in [0.05, 0.1) is 18.2 Å². The van der Waals surface area contributed by atoms with Crippen molar-refractivity contribution in [1.29, 1.82) is 0 Å². The summed E-state index contributed by atoms with van der Waals surface area (Å²) in [5.74, 6) is 3.24. The zero-order valence-corrected chi connectivity index (χ0v) is 20.0. The third kappa shape index (κ3) is 5.60. The molecular weight excluding hydrogens is 517 g/mol. The maximum Gasteiger partial charge on any atom is 0.191 e. The van der Waals surface area contributed by atoms with Crippen LogP contribution in [0.25, 0.3) is 0 Å². The first-order chi connectivity index (χ1) is 14.2. The Morgan fingerprint density at radius 1 is 1.27 bits per heavy atom. The van der Waals surface area contributed by atoms with Crippen LogP contribution in [-0.4, -0.2) is 50.3 Å². The lowest BCUT2D eigenvalue weighted by atomic mass is 10.2. The second-order valence-electron chi connectivity index (χ2n) is 7.14. The number of hydrogen-bond donors (Lipinski definition) is 2. The van der Waals surface area contributed by atoms with Crippen LogP contribution in [0.1, 0.15) is 18.4 Å². The Labute approximate surface area is 199 Å². The molecule has 0 amide bonds. The van der Waals surface area contributed by atoms with E-state index < -0.39 is 0 Å². The highest BCUT2D eigenvalue weighted by Crippen LogP contribution is 2.30. The Bertz CT molecular complexity index is 882. The van der Waals surface area contributed by atoms with E-state index >= 15 is 0 Å². The van der Waals surface area contributed by atoms with E-state index in [1.165, 1.54) is 0 Å². The van der Waals surface area contributed by atoms with E-state index in [-0.39, 0.29) is 30.0 Å². The van der Waals surface area contributed by atoms with Gasteiger partial charge in [0, 0.05) is 45.3 Å². The fraction of sp³-hybridized carbons (Fsp3) is 0.429. The SMILES string of the molecule is CN=C(NCc1ccc2c(c1)OCCCO2)NC1CCN(c2ncccc2Cl)C1.I. The Morgan fingerprint density at radius 3 is 2.90 bits per heavy atom. The minimum atomic E-state index is 0. The highest BCUT2D eigenvalue weighted by atomic mass is 127. The number of halogens is 2. The van der Waals surface area contributed by atoms with Crippen molar-refractivity contribution in [1.82, 2.24) is 15.6 Å². The number of fused-ring (bicyclic) bond motifs is 1. The monoisotopic (exact) mass is 543 g/mol. The van der Waals surface area contributed by atoms with Gasteiger partial charge in [-0.25, -0.2) is 4.98 Å². The highest BCUT2D eigenvalue weighted by Gasteiger charge is 2.25. The van der Waals surface area contributed by atoms with E-state index in [4.69, 9.17) is 21.1 Å². The molecule has 7 nitrogen and oxygen atoms in total. The summed E-state index contributed by atoms with van der Waals surface area (Å²) in [5.41, 5.74) is 1.12. The molecule has 9 heteroatoms. The van der Waals surface area contributed by atoms with Gasteiger partial charge in [-0.1, -0.05) is 17.7 Å². The summed E-state index contributed by atoms with van der Waals surface area (Å²) >= 11 is 6.28. The van der Waals surface area contributed by atoms with Gasteiger partial charge in [0.1, 0.15) is 5.82 Å². The normalized spacial score (nSPS) is 18.4. The van der Waals surface area contributed by atoms with Gasteiger partial charge in [0.25, 0.3) is 0 Å². The van der Waals surface area contributed by atoms with Crippen LogP contribution in [0.4, 0.5) is 5.82 Å². The molecule has 2 aromatic rings. The number of hydrogen-bond acceptors (Lipinski definition) is 5. The summed E-state index contributed by atoms with van der Waals surface area (Å²) in [7, 11) is 1.78. The van der Waals surface area contributed by atoms with Crippen LogP contribution in [0.2, 0.25) is 5.02 Å². The summed E-state index contributed by atoms with van der Waals surface area (Å²) in [6, 6.07) is 10.1. The predicted octanol–water partition coefficient (Wildman–Crippen LogP) is 3.46. The van der Waals surface area contributed by atoms with E-state index in [1.807, 2.05) is 30.3 Å². The molecule has 0 aliphatic carbocycles. The molecule has 0 bridgehead atoms. The molecule has 1 fully saturated rings. The van der Waals surface area contributed by atoms with Crippen molar-refractivity contribution >= 4 is 47.4 Å². The first-order valence-electron chi connectivity index (χ1n) is 9.94. The lowest BCUT2D eigenvalue weighted by Crippen LogP contribution is -2.44. The quantitative estimate of drug-likeness (QED) is 0.350. The zero-order valence-electron chi connectivity index (χ0n) is 16.9. The summed E-state index contributed by atoms with van der Waals surface area (Å²) in [6.07, 6.45) is 3.68. The first kappa shape index (κ1) is 22.7. The molecule has 2 aliphatic heterocycles. The molecule has 2 N–H and O–H groups in total. The second kappa shape index (κ2) is 10.9. The number of benzene rings is 1. The Kier molecular flexibility index (Phi) is 8.26. The van der Waals surface area contributed by atoms with Crippen molar-refractivity contribution in [2.75, 3.05) is 38.3 Å². The Balaban J connectivity index is 0.00000256. The molecule has 2 aliphatic rings. The van der Waals surface area contributed by atoms with Crippen LogP contribution in [0.5, 0.6) is 11.5 Å². The largest absolute Gasteiger partial charge is 0.490 e. The van der Waals surface area contributed by atoms with Gasteiger partial charge in [0.15, 0.2) is 17.5 Å². The van der Waals surface area contributed by atoms with Crippen molar-refractivity contribution in [3.8, 4) is 11.5 Å². The third-order valence-corrected chi connectivity index (χ3v) is 5.36. The van der Waals surface area contributed by atoms with Gasteiger partial charge in [-0.15, -0.1) is 24.0 Å². The van der Waals surface area contributed by atoms with Crippen molar-refractivity contribution < 1.29 is 9.47 Å². The molecule has 30 heavy (non-hydrogen) atoms. The van der Waals surface area contributed by atoms with Crippen molar-refractivity contribution in [3.05, 3.63) is 47.1 Å². The van der Waals surface area contributed by atoms with E-state index in [0.717, 1.165) is 54.8 Å². The fourth-order valence-electron chi connectivity index (χ4n) is 3.57. The van der Waals surface area contributed by atoms with Crippen LogP contribution in [-0.2, 0) is 6.54 Å². The average molecular weight is 544 g/mol. The van der Waals surface area contributed by atoms with Gasteiger partial charge < -0.3 is 25.0 Å². The lowest BCUT2D eigenvalue weighted by molar-refractivity contribution is 0.297. The molecule has 1 saturated heterocycles. The number of anilines is 1. The van der Waals surface area contributed by atoms with Crippen LogP contribution >= 0.6 is 35.6 Å². The number of aromatic nitrogens is 1. The standard InChI is InChI=1S/C21H26ClN5O2.HI/c1-23-21(25-13-15-5-6-18-19(12-15)29-11-3-10-28-18)26-16-7-9-27(14-16)20-17(22)4-2-8-24-20;/h2,4-6,8,12,16H,3,7,9-11,13-14H2,1H3,(H2,23,25,26);1H. The molecule has 0 spiro atoms. The van der Waals surface area contributed by atoms with Gasteiger partial charge in [-0.05, 0) is 36.2 Å². The van der Waals surface area contributed by atoms with Crippen LogP contribution in [0.15, 0.2) is 41.5 Å². The fourth-order valence-corrected chi connectivity index (χ4v) is 3.81. The summed E-state index contributed by atoms with van der Waals surface area (Å²) in [5, 5.41) is 7.57. The van der Waals surface area contributed by atoms with Gasteiger partial charge in [0.2, 0.25) is 0 Å². The van der Waals surface area contributed by atoms with Crippen LogP contribution < -0.4 is 25.0 Å². The third-order valence-electron chi connectivity index (χ3n) is 5.06. The summed E-state index contributed by atoms with van der Waals surface area (Å²) < 4.78 is 11.5. The number of pyridine rings is 1. The van der Waals surface area contributed by atoms with Gasteiger partial charge >= 0.3 is 0 Å². The summed E-state index contributed by atoms with van der Waals surface area (Å²) in [6.45, 7) is 3.78. The number of aliphatic imine (C=N–C) groups is 1. The topological polar surface area (TPSA) is 71.0 Å². The van der Waals surface area contributed by atoms with Crippen molar-refractivity contribution in [3.63, 3.8) is 0 Å². The maximum atomic E-state index is 6.28. The molecule has 0 saturated carbocycles. The number of guanidine groups is 1. The molecule has 162 valence electrons. The van der Waals surface area contributed by atoms with E-state index in [1.54, 1.807) is 13.2 Å². The Hall–Kier alpha value is -1.94. The predicted molar refractivity (Wildman–Crippen MR) is 131 cm³/mol. The average Bonchev–Trinajstić information content (AvgIpc) is 3.07. The minimum Gasteiger partial charge on any atom is -0.490 e. The van der Waals surface area contributed by atoms with Crippen molar-refractivity contribution in [2.45, 2.75) is 25.4 Å².